The average Bonchev–Trinajstić information content (AvgIpc) is 2.74. The number of carbonyl (C=O) groups excluding carboxylic acids is 2. The third kappa shape index (κ3) is 3.94. The van der Waals surface area contributed by atoms with Gasteiger partial charge in [-0.25, -0.2) is 0 Å². The van der Waals surface area contributed by atoms with Gasteiger partial charge in [0.1, 0.15) is 0 Å². The van der Waals surface area contributed by atoms with Crippen LogP contribution < -0.4 is 5.32 Å². The Morgan fingerprint density at radius 3 is 2.65 bits per heavy atom. The van der Waals surface area contributed by atoms with E-state index in [1.807, 2.05) is 6.92 Å². The first-order valence-corrected chi connectivity index (χ1v) is 6.26. The maximum Gasteiger partial charge on any atom is 0.285 e. The molecule has 0 fully saturated rings. The minimum atomic E-state index is -0.320. The Hall–Kier alpha value is -1.21. The van der Waals surface area contributed by atoms with Gasteiger partial charge in [-0.15, -0.1) is 10.2 Å². The normalized spacial score (nSPS) is 10.1. The van der Waals surface area contributed by atoms with Gasteiger partial charge in [-0.1, -0.05) is 18.3 Å². The molecular formula is C9H13ClN4O2S. The van der Waals surface area contributed by atoms with E-state index in [-0.39, 0.29) is 27.8 Å². The molecule has 0 aromatic carbocycles. The van der Waals surface area contributed by atoms with Gasteiger partial charge in [0.25, 0.3) is 5.91 Å². The molecule has 1 rings (SSSR count). The monoisotopic (exact) mass is 276 g/mol. The number of halogens is 1. The maximum absolute atomic E-state index is 12.0. The molecule has 8 heteroatoms. The van der Waals surface area contributed by atoms with Gasteiger partial charge in [0.2, 0.25) is 15.4 Å². The van der Waals surface area contributed by atoms with Crippen molar-refractivity contribution in [3.05, 3.63) is 9.47 Å². The van der Waals surface area contributed by atoms with E-state index in [0.29, 0.717) is 6.54 Å². The molecule has 0 unspecified atom stereocenters. The molecule has 0 aliphatic heterocycles. The number of hydrogen-bond donors (Lipinski definition) is 1. The van der Waals surface area contributed by atoms with Gasteiger partial charge in [0.05, 0.1) is 6.54 Å². The van der Waals surface area contributed by atoms with Crippen molar-refractivity contribution in [2.24, 2.45) is 0 Å². The van der Waals surface area contributed by atoms with Crippen molar-refractivity contribution in [2.75, 3.05) is 20.1 Å². The summed E-state index contributed by atoms with van der Waals surface area (Å²) in [5, 5.41) is 9.91. The van der Waals surface area contributed by atoms with Gasteiger partial charge >= 0.3 is 0 Å². The molecule has 0 aliphatic rings. The number of rotatable bonds is 5. The Balaban J connectivity index is 2.76. The van der Waals surface area contributed by atoms with E-state index < -0.39 is 0 Å². The van der Waals surface area contributed by atoms with Gasteiger partial charge in [-0.05, 0) is 18.0 Å². The van der Waals surface area contributed by atoms with Crippen LogP contribution in [0.15, 0.2) is 0 Å². The van der Waals surface area contributed by atoms with Crippen molar-refractivity contribution in [1.29, 1.82) is 0 Å². The summed E-state index contributed by atoms with van der Waals surface area (Å²) in [6.45, 7) is 2.43. The van der Waals surface area contributed by atoms with Gasteiger partial charge in [-0.2, -0.15) is 0 Å². The Kier molecular flexibility index (Phi) is 5.30. The summed E-state index contributed by atoms with van der Waals surface area (Å²) in [5.41, 5.74) is 0. The predicted octanol–water partition coefficient (Wildman–Crippen LogP) is 0.790. The van der Waals surface area contributed by atoms with Crippen molar-refractivity contribution in [3.63, 3.8) is 0 Å². The predicted molar refractivity (Wildman–Crippen MR) is 65.2 cm³/mol. The highest BCUT2D eigenvalue weighted by Crippen LogP contribution is 2.16. The molecule has 0 spiro atoms. The van der Waals surface area contributed by atoms with Gasteiger partial charge in [-0.3, -0.25) is 9.59 Å². The van der Waals surface area contributed by atoms with Crippen LogP contribution in [0, 0.1) is 0 Å². The van der Waals surface area contributed by atoms with E-state index in [2.05, 4.69) is 15.5 Å². The molecule has 0 radical (unpaired) electrons. The second-order valence-corrected chi connectivity index (χ2v) is 4.82. The molecule has 0 saturated heterocycles. The fourth-order valence-electron chi connectivity index (χ4n) is 1.20. The lowest BCUT2D eigenvalue weighted by atomic mass is 10.3. The maximum atomic E-state index is 12.0. The largest absolute Gasteiger partial charge is 0.358 e. The van der Waals surface area contributed by atoms with Crippen LogP contribution in [0.1, 0.15) is 23.1 Å². The standard InChI is InChI=1S/C9H13ClN4O2S/c1-3-4-14(5-6(15)11-2)8(16)7-12-13-9(10)17-7/h3-5H2,1-2H3,(H,11,15). The summed E-state index contributed by atoms with van der Waals surface area (Å²) in [4.78, 5) is 24.7. The van der Waals surface area contributed by atoms with E-state index in [0.717, 1.165) is 17.8 Å². The molecule has 17 heavy (non-hydrogen) atoms. The second kappa shape index (κ2) is 6.51. The summed E-state index contributed by atoms with van der Waals surface area (Å²) < 4.78 is 0.213. The zero-order valence-electron chi connectivity index (χ0n) is 9.57. The van der Waals surface area contributed by atoms with E-state index in [4.69, 9.17) is 11.6 Å². The molecule has 94 valence electrons. The van der Waals surface area contributed by atoms with Crippen molar-refractivity contribution >= 4 is 34.8 Å². The summed E-state index contributed by atoms with van der Waals surface area (Å²) in [7, 11) is 1.53. The summed E-state index contributed by atoms with van der Waals surface area (Å²) >= 11 is 6.62. The number of amides is 2. The molecule has 0 aliphatic carbocycles. The Morgan fingerprint density at radius 2 is 2.18 bits per heavy atom. The Bertz CT molecular complexity index is 409. The molecule has 2 amide bonds. The van der Waals surface area contributed by atoms with Crippen LogP contribution in [-0.2, 0) is 4.79 Å². The number of hydrogen-bond acceptors (Lipinski definition) is 5. The third-order valence-corrected chi connectivity index (χ3v) is 2.98. The highest BCUT2D eigenvalue weighted by atomic mass is 35.5. The summed E-state index contributed by atoms with van der Waals surface area (Å²) in [5.74, 6) is -0.540. The zero-order chi connectivity index (χ0) is 12.8. The molecule has 0 bridgehead atoms. The molecule has 1 aromatic heterocycles. The second-order valence-electron chi connectivity index (χ2n) is 3.26. The summed E-state index contributed by atoms with van der Waals surface area (Å²) in [6.07, 6.45) is 0.759. The number of carbonyl (C=O) groups is 2. The number of likely N-dealkylation sites (N-methyl/N-ethyl adjacent to an activating group) is 1. The first-order chi connectivity index (χ1) is 8.08. The quantitative estimate of drug-likeness (QED) is 0.863. The minimum absolute atomic E-state index is 0.0143. The fraction of sp³-hybridized carbons (Fsp3) is 0.556. The number of nitrogens with zero attached hydrogens (tertiary/aromatic N) is 3. The van der Waals surface area contributed by atoms with Crippen LogP contribution >= 0.6 is 22.9 Å². The van der Waals surface area contributed by atoms with Crippen molar-refractivity contribution in [2.45, 2.75) is 13.3 Å². The van der Waals surface area contributed by atoms with Gasteiger partial charge in [0.15, 0.2) is 0 Å². The lowest BCUT2D eigenvalue weighted by Gasteiger charge is -2.19. The van der Waals surface area contributed by atoms with Crippen LogP contribution in [-0.4, -0.2) is 47.0 Å². The highest BCUT2D eigenvalue weighted by Gasteiger charge is 2.21. The lowest BCUT2D eigenvalue weighted by molar-refractivity contribution is -0.121. The highest BCUT2D eigenvalue weighted by molar-refractivity contribution is 7.17. The van der Waals surface area contributed by atoms with Crippen LogP contribution in [0.25, 0.3) is 0 Å². The van der Waals surface area contributed by atoms with Crippen LogP contribution in [0.4, 0.5) is 0 Å². The first kappa shape index (κ1) is 13.9. The van der Waals surface area contributed by atoms with Crippen molar-refractivity contribution in [1.82, 2.24) is 20.4 Å². The van der Waals surface area contributed by atoms with Gasteiger partial charge in [0, 0.05) is 13.6 Å². The van der Waals surface area contributed by atoms with Crippen molar-refractivity contribution in [3.8, 4) is 0 Å². The van der Waals surface area contributed by atoms with E-state index >= 15 is 0 Å². The molecule has 1 aromatic rings. The van der Waals surface area contributed by atoms with Crippen LogP contribution in [0.5, 0.6) is 0 Å². The molecular weight excluding hydrogens is 264 g/mol. The zero-order valence-corrected chi connectivity index (χ0v) is 11.1. The van der Waals surface area contributed by atoms with Crippen LogP contribution in [0.3, 0.4) is 0 Å². The number of aromatic nitrogens is 2. The summed E-state index contributed by atoms with van der Waals surface area (Å²) in [6, 6.07) is 0. The van der Waals surface area contributed by atoms with Gasteiger partial charge < -0.3 is 10.2 Å². The molecule has 0 saturated carbocycles. The average molecular weight is 277 g/mol. The molecule has 1 N–H and O–H groups in total. The fourth-order valence-corrected chi connectivity index (χ4v) is 2.00. The topological polar surface area (TPSA) is 75.2 Å². The molecule has 0 atom stereocenters. The first-order valence-electron chi connectivity index (χ1n) is 5.07. The van der Waals surface area contributed by atoms with E-state index in [9.17, 15) is 9.59 Å². The smallest absolute Gasteiger partial charge is 0.285 e. The van der Waals surface area contributed by atoms with Crippen molar-refractivity contribution < 1.29 is 9.59 Å². The van der Waals surface area contributed by atoms with E-state index in [1.165, 1.54) is 11.9 Å². The van der Waals surface area contributed by atoms with E-state index in [1.54, 1.807) is 0 Å². The SMILES string of the molecule is CCCN(CC(=O)NC)C(=O)c1nnc(Cl)s1. The number of nitrogens with one attached hydrogen (secondary N) is 1. The molecule has 6 nitrogen and oxygen atoms in total. The third-order valence-electron chi connectivity index (χ3n) is 1.98. The lowest BCUT2D eigenvalue weighted by Crippen LogP contribution is -2.40. The Morgan fingerprint density at radius 1 is 1.47 bits per heavy atom. The molecule has 1 heterocycles. The Labute approximate surface area is 108 Å². The van der Waals surface area contributed by atoms with Crippen LogP contribution in [0.2, 0.25) is 4.47 Å². The minimum Gasteiger partial charge on any atom is -0.358 e.